The zero-order valence-electron chi connectivity index (χ0n) is 15.6. The van der Waals surface area contributed by atoms with E-state index in [9.17, 15) is 9.18 Å². The van der Waals surface area contributed by atoms with E-state index in [4.69, 9.17) is 4.98 Å². The Kier molecular flexibility index (Phi) is 5.58. The van der Waals surface area contributed by atoms with Crippen molar-refractivity contribution in [3.63, 3.8) is 0 Å². The molecule has 6 heteroatoms. The lowest BCUT2D eigenvalue weighted by Gasteiger charge is -2.25. The Hall–Kier alpha value is -2.86. The Bertz CT molecular complexity index is 968. The largest absolute Gasteiger partial charge is 0.310 e. The molecule has 1 aromatic carbocycles. The number of aromatic amines is 1. The first-order valence-electron chi connectivity index (χ1n) is 9.65. The summed E-state index contributed by atoms with van der Waals surface area (Å²) in [7, 11) is 0. The second-order valence-electron chi connectivity index (χ2n) is 7.29. The van der Waals surface area contributed by atoms with Crippen LogP contribution in [0.4, 0.5) is 4.39 Å². The molecular formula is C22H23FN4O. The lowest BCUT2D eigenvalue weighted by Crippen LogP contribution is -2.25. The summed E-state index contributed by atoms with van der Waals surface area (Å²) in [5, 5.41) is 3.51. The maximum absolute atomic E-state index is 13.4. The van der Waals surface area contributed by atoms with Crippen molar-refractivity contribution in [1.82, 2.24) is 20.3 Å². The fraction of sp³-hybridized carbons (Fsp3) is 0.318. The Labute approximate surface area is 163 Å². The number of aromatic nitrogens is 3. The van der Waals surface area contributed by atoms with E-state index in [0.717, 1.165) is 35.5 Å². The summed E-state index contributed by atoms with van der Waals surface area (Å²) < 4.78 is 13.4. The molecule has 0 amide bonds. The molecule has 0 saturated heterocycles. The van der Waals surface area contributed by atoms with E-state index in [1.54, 1.807) is 30.6 Å². The number of rotatable bonds is 7. The van der Waals surface area contributed by atoms with E-state index >= 15 is 0 Å². The molecule has 1 saturated carbocycles. The molecule has 1 aliphatic rings. The molecule has 2 heterocycles. The van der Waals surface area contributed by atoms with Crippen molar-refractivity contribution >= 4 is 0 Å². The van der Waals surface area contributed by atoms with Crippen molar-refractivity contribution in [2.45, 2.75) is 44.2 Å². The highest BCUT2D eigenvalue weighted by Crippen LogP contribution is 2.34. The molecule has 1 fully saturated rings. The van der Waals surface area contributed by atoms with E-state index in [1.165, 1.54) is 18.6 Å². The molecule has 2 N–H and O–H groups in total. The van der Waals surface area contributed by atoms with Crippen molar-refractivity contribution in [1.29, 1.82) is 0 Å². The Morgan fingerprint density at radius 1 is 1.14 bits per heavy atom. The number of H-pyrrole nitrogens is 1. The highest BCUT2D eigenvalue weighted by Gasteiger charge is 2.23. The third-order valence-corrected chi connectivity index (χ3v) is 5.29. The predicted octanol–water partition coefficient (Wildman–Crippen LogP) is 3.65. The van der Waals surface area contributed by atoms with Gasteiger partial charge in [0.25, 0.3) is 5.56 Å². The Morgan fingerprint density at radius 2 is 1.89 bits per heavy atom. The van der Waals surface area contributed by atoms with Crippen molar-refractivity contribution < 1.29 is 4.39 Å². The van der Waals surface area contributed by atoms with Crippen LogP contribution in [-0.4, -0.2) is 15.0 Å². The van der Waals surface area contributed by atoms with Gasteiger partial charge < -0.3 is 10.3 Å². The molecule has 0 bridgehead atoms. The highest BCUT2D eigenvalue weighted by molar-refractivity contribution is 5.23. The molecule has 3 aromatic rings. The van der Waals surface area contributed by atoms with Crippen molar-refractivity contribution in [2.24, 2.45) is 0 Å². The zero-order valence-corrected chi connectivity index (χ0v) is 15.6. The summed E-state index contributed by atoms with van der Waals surface area (Å²) in [6.07, 6.45) is 7.41. The van der Waals surface area contributed by atoms with Gasteiger partial charge in [0.15, 0.2) is 0 Å². The first kappa shape index (κ1) is 18.5. The SMILES string of the molecule is O=c1cc(CC(NCc2ccncc2)c2ccc(F)cc2)nc(C2CCC2)[nH]1. The van der Waals surface area contributed by atoms with Crippen LogP contribution in [0.15, 0.2) is 59.7 Å². The summed E-state index contributed by atoms with van der Waals surface area (Å²) in [5.74, 6) is 0.889. The van der Waals surface area contributed by atoms with Crippen LogP contribution in [-0.2, 0) is 13.0 Å². The van der Waals surface area contributed by atoms with Crippen LogP contribution in [0.2, 0.25) is 0 Å². The monoisotopic (exact) mass is 378 g/mol. The molecule has 1 atom stereocenters. The summed E-state index contributed by atoms with van der Waals surface area (Å²) in [5.41, 5.74) is 2.71. The molecular weight excluding hydrogens is 355 g/mol. The summed E-state index contributed by atoms with van der Waals surface area (Å²) >= 11 is 0. The van der Waals surface area contributed by atoms with E-state index in [2.05, 4.69) is 15.3 Å². The van der Waals surface area contributed by atoms with Gasteiger partial charge in [-0.2, -0.15) is 0 Å². The lowest BCUT2D eigenvalue weighted by molar-refractivity contribution is 0.398. The van der Waals surface area contributed by atoms with Gasteiger partial charge in [-0.15, -0.1) is 0 Å². The summed E-state index contributed by atoms with van der Waals surface area (Å²) in [6.45, 7) is 0.642. The van der Waals surface area contributed by atoms with Crippen molar-refractivity contribution in [3.05, 3.63) is 93.7 Å². The fourth-order valence-electron chi connectivity index (χ4n) is 3.46. The first-order valence-corrected chi connectivity index (χ1v) is 9.65. The Morgan fingerprint density at radius 3 is 2.57 bits per heavy atom. The van der Waals surface area contributed by atoms with Gasteiger partial charge in [0.1, 0.15) is 11.6 Å². The van der Waals surface area contributed by atoms with Crippen molar-refractivity contribution in [3.8, 4) is 0 Å². The number of nitrogens with one attached hydrogen (secondary N) is 2. The van der Waals surface area contributed by atoms with Gasteiger partial charge in [-0.25, -0.2) is 9.37 Å². The third-order valence-electron chi connectivity index (χ3n) is 5.29. The number of hydrogen-bond acceptors (Lipinski definition) is 4. The standard InChI is InChI=1S/C22H23FN4O/c23-18-6-4-16(5-7-18)20(25-14-15-8-10-24-11-9-15)12-19-13-21(28)27-22(26-19)17-2-1-3-17/h4-11,13,17,20,25H,1-3,12,14H2,(H,26,27,28). The van der Waals surface area contributed by atoms with Crippen LogP contribution in [0.25, 0.3) is 0 Å². The average molecular weight is 378 g/mol. The van der Waals surface area contributed by atoms with Crippen LogP contribution in [0.5, 0.6) is 0 Å². The smallest absolute Gasteiger partial charge is 0.251 e. The minimum atomic E-state index is -0.266. The molecule has 1 aliphatic carbocycles. The predicted molar refractivity (Wildman–Crippen MR) is 105 cm³/mol. The normalized spacial score (nSPS) is 15.2. The fourth-order valence-corrected chi connectivity index (χ4v) is 3.46. The highest BCUT2D eigenvalue weighted by atomic mass is 19.1. The van der Waals surface area contributed by atoms with Gasteiger partial charge in [0.2, 0.25) is 0 Å². The maximum atomic E-state index is 13.4. The molecule has 0 radical (unpaired) electrons. The molecule has 4 rings (SSSR count). The van der Waals surface area contributed by atoms with Gasteiger partial charge in [0, 0.05) is 49.1 Å². The van der Waals surface area contributed by atoms with E-state index in [1.807, 2.05) is 12.1 Å². The lowest BCUT2D eigenvalue weighted by atomic mass is 9.85. The maximum Gasteiger partial charge on any atom is 0.251 e. The van der Waals surface area contributed by atoms with E-state index < -0.39 is 0 Å². The molecule has 5 nitrogen and oxygen atoms in total. The van der Waals surface area contributed by atoms with Gasteiger partial charge >= 0.3 is 0 Å². The molecule has 1 unspecified atom stereocenters. The first-order chi connectivity index (χ1) is 13.7. The number of benzene rings is 1. The van der Waals surface area contributed by atoms with Crippen LogP contribution in [0, 0.1) is 5.82 Å². The van der Waals surface area contributed by atoms with Crippen molar-refractivity contribution in [2.75, 3.05) is 0 Å². The zero-order chi connectivity index (χ0) is 19.3. The van der Waals surface area contributed by atoms with Crippen LogP contribution in [0.1, 0.15) is 53.9 Å². The second-order valence-corrected chi connectivity index (χ2v) is 7.29. The van der Waals surface area contributed by atoms with E-state index in [0.29, 0.717) is 18.9 Å². The number of nitrogens with zero attached hydrogens (tertiary/aromatic N) is 2. The van der Waals surface area contributed by atoms with E-state index in [-0.39, 0.29) is 17.4 Å². The summed E-state index contributed by atoms with van der Waals surface area (Å²) in [6, 6.07) is 11.9. The minimum absolute atomic E-state index is 0.0858. The average Bonchev–Trinajstić information content (AvgIpc) is 2.65. The summed E-state index contributed by atoms with van der Waals surface area (Å²) in [4.78, 5) is 23.8. The minimum Gasteiger partial charge on any atom is -0.310 e. The van der Waals surface area contributed by atoms with Gasteiger partial charge in [0.05, 0.1) is 0 Å². The number of pyridine rings is 1. The van der Waals surface area contributed by atoms with Crippen LogP contribution >= 0.6 is 0 Å². The molecule has 0 aliphatic heterocycles. The molecule has 28 heavy (non-hydrogen) atoms. The Balaban J connectivity index is 1.57. The molecule has 0 spiro atoms. The number of hydrogen-bond donors (Lipinski definition) is 2. The second kappa shape index (κ2) is 8.44. The van der Waals surface area contributed by atoms with Crippen LogP contribution in [0.3, 0.4) is 0 Å². The van der Waals surface area contributed by atoms with Crippen LogP contribution < -0.4 is 10.9 Å². The van der Waals surface area contributed by atoms with Gasteiger partial charge in [-0.05, 0) is 48.2 Å². The van der Waals surface area contributed by atoms with Gasteiger partial charge in [-0.3, -0.25) is 9.78 Å². The molecule has 2 aromatic heterocycles. The number of halogens is 1. The molecule has 144 valence electrons. The van der Waals surface area contributed by atoms with Gasteiger partial charge in [-0.1, -0.05) is 18.6 Å². The topological polar surface area (TPSA) is 70.7 Å². The quantitative estimate of drug-likeness (QED) is 0.658. The third kappa shape index (κ3) is 4.51.